The van der Waals surface area contributed by atoms with Gasteiger partial charge in [-0.05, 0) is 29.8 Å². The lowest BCUT2D eigenvalue weighted by Gasteiger charge is -2.04. The molecular weight excluding hydrogens is 238 g/mol. The molecule has 2 rings (SSSR count). The second-order valence-electron chi connectivity index (χ2n) is 3.09. The monoisotopic (exact) mass is 251 g/mol. The molecule has 0 heterocycles. The first-order valence-electron chi connectivity index (χ1n) is 4.63. The van der Waals surface area contributed by atoms with E-state index in [1.165, 1.54) is 16.5 Å². The van der Waals surface area contributed by atoms with Gasteiger partial charge in [0.25, 0.3) is 0 Å². The molecule has 0 aliphatic carbocycles. The molecule has 74 valence electrons. The van der Waals surface area contributed by atoms with E-state index >= 15 is 0 Å². The van der Waals surface area contributed by atoms with E-state index in [2.05, 4.69) is 54.7 Å². The average molecular weight is 252 g/mol. The number of hydrogen-bond donors (Lipinski definition) is 1. The van der Waals surface area contributed by atoms with Crippen LogP contribution in [-0.2, 0) is 0 Å². The smallest absolute Gasteiger partial charge is 0.0346 e. The zero-order valence-corrected chi connectivity index (χ0v) is 9.87. The molecule has 14 heavy (non-hydrogen) atoms. The van der Waals surface area contributed by atoms with Crippen molar-refractivity contribution in [1.82, 2.24) is 0 Å². The number of halogens is 1. The standard InChI is InChI=1S/C12H13N.BrH/c1-2-13-12-8-7-10-5-3-4-6-11(10)9-12;/h3-9,13H,2H2,1H3;1H. The molecule has 2 heteroatoms. The Kier molecular flexibility index (Phi) is 3.96. The van der Waals surface area contributed by atoms with Crippen molar-refractivity contribution in [1.29, 1.82) is 0 Å². The Hall–Kier alpha value is -1.02. The quantitative estimate of drug-likeness (QED) is 0.855. The Bertz CT molecular complexity index is 412. The predicted octanol–water partition coefficient (Wildman–Crippen LogP) is 3.85. The number of hydrogen-bond acceptors (Lipinski definition) is 1. The molecular formula is C12H14BrN. The Morgan fingerprint density at radius 3 is 2.43 bits per heavy atom. The van der Waals surface area contributed by atoms with E-state index in [9.17, 15) is 0 Å². The van der Waals surface area contributed by atoms with Gasteiger partial charge in [0, 0.05) is 12.2 Å². The fourth-order valence-corrected chi connectivity index (χ4v) is 1.50. The largest absolute Gasteiger partial charge is 0.385 e. The maximum absolute atomic E-state index is 3.30. The summed E-state index contributed by atoms with van der Waals surface area (Å²) in [4.78, 5) is 0. The number of nitrogens with one attached hydrogen (secondary N) is 1. The molecule has 0 saturated carbocycles. The fourth-order valence-electron chi connectivity index (χ4n) is 1.50. The van der Waals surface area contributed by atoms with Crippen LogP contribution < -0.4 is 5.32 Å². The van der Waals surface area contributed by atoms with E-state index < -0.39 is 0 Å². The first kappa shape index (κ1) is 11.1. The van der Waals surface area contributed by atoms with Crippen LogP contribution in [0.4, 0.5) is 5.69 Å². The lowest BCUT2D eigenvalue weighted by Crippen LogP contribution is -1.95. The summed E-state index contributed by atoms with van der Waals surface area (Å²) >= 11 is 0. The van der Waals surface area contributed by atoms with Crippen LogP contribution in [0.15, 0.2) is 42.5 Å². The summed E-state index contributed by atoms with van der Waals surface area (Å²) in [6.07, 6.45) is 0. The van der Waals surface area contributed by atoms with Crippen molar-refractivity contribution in [2.24, 2.45) is 0 Å². The summed E-state index contributed by atoms with van der Waals surface area (Å²) in [5.74, 6) is 0. The normalized spacial score (nSPS) is 9.50. The van der Waals surface area contributed by atoms with Gasteiger partial charge in [-0.1, -0.05) is 30.3 Å². The topological polar surface area (TPSA) is 12.0 Å². The third-order valence-electron chi connectivity index (χ3n) is 2.13. The lowest BCUT2D eigenvalue weighted by molar-refractivity contribution is 1.21. The van der Waals surface area contributed by atoms with Crippen LogP contribution in [0, 0.1) is 0 Å². The molecule has 0 atom stereocenters. The third-order valence-corrected chi connectivity index (χ3v) is 2.13. The van der Waals surface area contributed by atoms with E-state index in [1.807, 2.05) is 0 Å². The van der Waals surface area contributed by atoms with Crippen LogP contribution in [-0.4, -0.2) is 6.54 Å². The molecule has 0 bridgehead atoms. The number of rotatable bonds is 2. The van der Waals surface area contributed by atoms with Crippen molar-refractivity contribution in [3.05, 3.63) is 42.5 Å². The van der Waals surface area contributed by atoms with Crippen LogP contribution in [0.1, 0.15) is 6.92 Å². The highest BCUT2D eigenvalue weighted by Gasteiger charge is 1.93. The molecule has 0 spiro atoms. The van der Waals surface area contributed by atoms with E-state index in [0.717, 1.165) is 6.54 Å². The van der Waals surface area contributed by atoms with E-state index in [0.29, 0.717) is 0 Å². The van der Waals surface area contributed by atoms with Crippen molar-refractivity contribution < 1.29 is 0 Å². The Labute approximate surface area is 94.9 Å². The maximum atomic E-state index is 3.30. The highest BCUT2D eigenvalue weighted by molar-refractivity contribution is 8.93. The van der Waals surface area contributed by atoms with Crippen molar-refractivity contribution >= 4 is 33.4 Å². The first-order chi connectivity index (χ1) is 6.40. The van der Waals surface area contributed by atoms with Crippen molar-refractivity contribution in [3.63, 3.8) is 0 Å². The summed E-state index contributed by atoms with van der Waals surface area (Å²) < 4.78 is 0. The van der Waals surface area contributed by atoms with Crippen LogP contribution in [0.3, 0.4) is 0 Å². The molecule has 0 radical (unpaired) electrons. The highest BCUT2D eigenvalue weighted by Crippen LogP contribution is 2.18. The number of fused-ring (bicyclic) bond motifs is 1. The molecule has 1 nitrogen and oxygen atoms in total. The number of anilines is 1. The first-order valence-corrected chi connectivity index (χ1v) is 4.63. The second kappa shape index (κ2) is 5.01. The summed E-state index contributed by atoms with van der Waals surface area (Å²) in [7, 11) is 0. The lowest BCUT2D eigenvalue weighted by atomic mass is 10.1. The van der Waals surface area contributed by atoms with Gasteiger partial charge in [-0.3, -0.25) is 0 Å². The summed E-state index contributed by atoms with van der Waals surface area (Å²) in [5.41, 5.74) is 1.20. The van der Waals surface area contributed by atoms with Gasteiger partial charge in [0.15, 0.2) is 0 Å². The minimum Gasteiger partial charge on any atom is -0.385 e. The van der Waals surface area contributed by atoms with Gasteiger partial charge in [0.2, 0.25) is 0 Å². The highest BCUT2D eigenvalue weighted by atomic mass is 79.9. The van der Waals surface area contributed by atoms with E-state index in [1.54, 1.807) is 0 Å². The third kappa shape index (κ3) is 2.26. The zero-order chi connectivity index (χ0) is 9.10. The van der Waals surface area contributed by atoms with Crippen LogP contribution in [0.25, 0.3) is 10.8 Å². The summed E-state index contributed by atoms with van der Waals surface area (Å²) in [5, 5.41) is 5.89. The molecule has 2 aromatic rings. The van der Waals surface area contributed by atoms with Crippen LogP contribution in [0.5, 0.6) is 0 Å². The summed E-state index contributed by atoms with van der Waals surface area (Å²) in [6.45, 7) is 3.08. The Morgan fingerprint density at radius 1 is 1.00 bits per heavy atom. The van der Waals surface area contributed by atoms with Gasteiger partial charge in [-0.25, -0.2) is 0 Å². The molecule has 0 unspecified atom stereocenters. The van der Waals surface area contributed by atoms with Crippen molar-refractivity contribution in [3.8, 4) is 0 Å². The molecule has 0 amide bonds. The molecule has 0 aromatic heterocycles. The minimum absolute atomic E-state index is 0. The molecule has 2 aromatic carbocycles. The van der Waals surface area contributed by atoms with Gasteiger partial charge >= 0.3 is 0 Å². The van der Waals surface area contributed by atoms with Gasteiger partial charge in [0.1, 0.15) is 0 Å². The zero-order valence-electron chi connectivity index (χ0n) is 8.16. The fraction of sp³-hybridized carbons (Fsp3) is 0.167. The van der Waals surface area contributed by atoms with Crippen molar-refractivity contribution in [2.75, 3.05) is 11.9 Å². The van der Waals surface area contributed by atoms with Gasteiger partial charge in [0.05, 0.1) is 0 Å². The minimum atomic E-state index is 0. The molecule has 0 saturated heterocycles. The van der Waals surface area contributed by atoms with Crippen molar-refractivity contribution in [2.45, 2.75) is 6.92 Å². The van der Waals surface area contributed by atoms with Gasteiger partial charge < -0.3 is 5.32 Å². The van der Waals surface area contributed by atoms with Crippen LogP contribution >= 0.6 is 17.0 Å². The van der Waals surface area contributed by atoms with Crippen LogP contribution in [0.2, 0.25) is 0 Å². The average Bonchev–Trinajstić information content (AvgIpc) is 2.18. The second-order valence-corrected chi connectivity index (χ2v) is 3.09. The summed E-state index contributed by atoms with van der Waals surface area (Å²) in [6, 6.07) is 14.8. The molecule has 0 aliphatic rings. The van der Waals surface area contributed by atoms with Gasteiger partial charge in [-0.15, -0.1) is 17.0 Å². The van der Waals surface area contributed by atoms with E-state index in [-0.39, 0.29) is 17.0 Å². The van der Waals surface area contributed by atoms with E-state index in [4.69, 9.17) is 0 Å². The maximum Gasteiger partial charge on any atom is 0.0346 e. The Morgan fingerprint density at radius 2 is 1.71 bits per heavy atom. The van der Waals surface area contributed by atoms with Gasteiger partial charge in [-0.2, -0.15) is 0 Å². The SMILES string of the molecule is Br.CCNc1ccc2ccccc2c1. The molecule has 0 fully saturated rings. The number of benzene rings is 2. The molecule has 0 aliphatic heterocycles. The molecule has 1 N–H and O–H groups in total. The predicted molar refractivity (Wildman–Crippen MR) is 68.4 cm³/mol. The Balaban J connectivity index is 0.000000980.